The summed E-state index contributed by atoms with van der Waals surface area (Å²) >= 11 is 0. The molecule has 0 bridgehead atoms. The van der Waals surface area contributed by atoms with Gasteiger partial charge in [-0.25, -0.2) is 0 Å². The van der Waals surface area contributed by atoms with Gasteiger partial charge in [0.1, 0.15) is 5.75 Å². The van der Waals surface area contributed by atoms with E-state index in [4.69, 9.17) is 10.8 Å². The topological polar surface area (TPSA) is 66.5 Å². The summed E-state index contributed by atoms with van der Waals surface area (Å²) in [6.07, 6.45) is 1.57. The monoisotopic (exact) mass is 209 g/mol. The van der Waals surface area contributed by atoms with Gasteiger partial charge in [-0.05, 0) is 43.9 Å². The summed E-state index contributed by atoms with van der Waals surface area (Å²) in [5.74, 6) is 0.458. The number of hydrogen-bond acceptors (Lipinski definition) is 3. The molecule has 0 heterocycles. The predicted octanol–water partition coefficient (Wildman–Crippen LogP) is 1.20. The van der Waals surface area contributed by atoms with Gasteiger partial charge in [0.15, 0.2) is 0 Å². The first-order valence-corrected chi connectivity index (χ1v) is 5.26. The van der Waals surface area contributed by atoms with Crippen molar-refractivity contribution in [1.29, 1.82) is 0 Å². The molecule has 1 aromatic rings. The van der Waals surface area contributed by atoms with E-state index >= 15 is 0 Å². The van der Waals surface area contributed by atoms with E-state index < -0.39 is 0 Å². The lowest BCUT2D eigenvalue weighted by molar-refractivity contribution is 0.223. The molecule has 0 spiro atoms. The van der Waals surface area contributed by atoms with Crippen molar-refractivity contribution in [1.82, 2.24) is 0 Å². The molecule has 0 aromatic heterocycles. The quantitative estimate of drug-likeness (QED) is 0.682. The van der Waals surface area contributed by atoms with Gasteiger partial charge in [-0.2, -0.15) is 0 Å². The number of aromatic hydroxyl groups is 1. The second-order valence-electron chi connectivity index (χ2n) is 3.96. The van der Waals surface area contributed by atoms with Crippen LogP contribution in [0.25, 0.3) is 0 Å². The zero-order valence-electron chi connectivity index (χ0n) is 9.11. The highest BCUT2D eigenvalue weighted by atomic mass is 16.3. The summed E-state index contributed by atoms with van der Waals surface area (Å²) < 4.78 is 0. The zero-order valence-corrected chi connectivity index (χ0v) is 9.11. The first-order valence-electron chi connectivity index (χ1n) is 5.26. The molecule has 0 fully saturated rings. The number of aliphatic hydroxyl groups is 1. The molecule has 0 aliphatic carbocycles. The number of hydrogen-bond donors (Lipinski definition) is 3. The Morgan fingerprint density at radius 2 is 2.13 bits per heavy atom. The minimum Gasteiger partial charge on any atom is -0.508 e. The van der Waals surface area contributed by atoms with Gasteiger partial charge in [0.25, 0.3) is 0 Å². The molecule has 3 nitrogen and oxygen atoms in total. The number of aliphatic hydroxyl groups excluding tert-OH is 1. The molecule has 0 radical (unpaired) electrons. The van der Waals surface area contributed by atoms with Crippen molar-refractivity contribution < 1.29 is 10.2 Å². The van der Waals surface area contributed by atoms with Crippen LogP contribution in [-0.4, -0.2) is 23.4 Å². The summed E-state index contributed by atoms with van der Waals surface area (Å²) in [5, 5.41) is 18.6. The predicted molar refractivity (Wildman–Crippen MR) is 60.8 cm³/mol. The van der Waals surface area contributed by atoms with E-state index in [0.717, 1.165) is 24.0 Å². The van der Waals surface area contributed by atoms with Crippen LogP contribution < -0.4 is 5.73 Å². The van der Waals surface area contributed by atoms with Crippen LogP contribution in [0, 0.1) is 12.8 Å². The van der Waals surface area contributed by atoms with Crippen LogP contribution in [-0.2, 0) is 6.42 Å². The average Bonchev–Trinajstić information content (AvgIpc) is 2.24. The number of rotatable bonds is 5. The van der Waals surface area contributed by atoms with E-state index in [1.54, 1.807) is 6.07 Å². The molecular formula is C12H19NO2. The van der Waals surface area contributed by atoms with Crippen molar-refractivity contribution in [3.05, 3.63) is 29.3 Å². The normalized spacial score (nSPS) is 12.7. The maximum Gasteiger partial charge on any atom is 0.118 e. The summed E-state index contributed by atoms with van der Waals surface area (Å²) in [6, 6.07) is 5.56. The van der Waals surface area contributed by atoms with Gasteiger partial charge < -0.3 is 15.9 Å². The third-order valence-electron chi connectivity index (χ3n) is 2.65. The smallest absolute Gasteiger partial charge is 0.118 e. The lowest BCUT2D eigenvalue weighted by atomic mass is 9.98. The van der Waals surface area contributed by atoms with Gasteiger partial charge in [0.05, 0.1) is 0 Å². The van der Waals surface area contributed by atoms with Crippen LogP contribution in [0.4, 0.5) is 0 Å². The molecule has 0 saturated carbocycles. The van der Waals surface area contributed by atoms with Gasteiger partial charge in [-0.3, -0.25) is 0 Å². The van der Waals surface area contributed by atoms with Crippen molar-refractivity contribution >= 4 is 0 Å². The maximum absolute atomic E-state index is 9.60. The first-order chi connectivity index (χ1) is 7.17. The van der Waals surface area contributed by atoms with Gasteiger partial charge >= 0.3 is 0 Å². The number of nitrogens with two attached hydrogens (primary N) is 1. The number of phenols is 1. The Labute approximate surface area is 90.5 Å². The van der Waals surface area contributed by atoms with E-state index in [-0.39, 0.29) is 12.5 Å². The van der Waals surface area contributed by atoms with Crippen molar-refractivity contribution in [2.75, 3.05) is 13.2 Å². The Bertz CT molecular complexity index is 308. The van der Waals surface area contributed by atoms with Gasteiger partial charge in [-0.15, -0.1) is 0 Å². The van der Waals surface area contributed by atoms with E-state index in [2.05, 4.69) is 0 Å². The molecule has 0 aliphatic heterocycles. The fourth-order valence-electron chi connectivity index (χ4n) is 1.56. The Morgan fingerprint density at radius 1 is 1.40 bits per heavy atom. The Hall–Kier alpha value is -1.06. The molecule has 1 atom stereocenters. The summed E-state index contributed by atoms with van der Waals surface area (Å²) in [6.45, 7) is 2.60. The Morgan fingerprint density at radius 3 is 2.73 bits per heavy atom. The number of aryl methyl sites for hydroxylation is 2. The Balaban J connectivity index is 2.60. The van der Waals surface area contributed by atoms with Gasteiger partial charge in [-0.1, -0.05) is 17.7 Å². The zero-order chi connectivity index (χ0) is 11.3. The van der Waals surface area contributed by atoms with E-state index in [0.29, 0.717) is 12.3 Å². The van der Waals surface area contributed by atoms with Crippen molar-refractivity contribution in [3.63, 3.8) is 0 Å². The third-order valence-corrected chi connectivity index (χ3v) is 2.65. The molecule has 1 rings (SSSR count). The summed E-state index contributed by atoms with van der Waals surface area (Å²) in [4.78, 5) is 0. The maximum atomic E-state index is 9.60. The van der Waals surface area contributed by atoms with E-state index in [1.165, 1.54) is 0 Å². The third kappa shape index (κ3) is 3.53. The molecule has 1 aromatic carbocycles. The highest BCUT2D eigenvalue weighted by molar-refractivity contribution is 5.35. The van der Waals surface area contributed by atoms with Crippen LogP contribution >= 0.6 is 0 Å². The van der Waals surface area contributed by atoms with Crippen molar-refractivity contribution in [2.24, 2.45) is 11.7 Å². The van der Waals surface area contributed by atoms with Gasteiger partial charge in [0.2, 0.25) is 0 Å². The molecule has 3 heteroatoms. The van der Waals surface area contributed by atoms with Crippen LogP contribution in [0.3, 0.4) is 0 Å². The molecule has 0 amide bonds. The highest BCUT2D eigenvalue weighted by Gasteiger charge is 2.07. The molecule has 84 valence electrons. The van der Waals surface area contributed by atoms with Crippen LogP contribution in [0.5, 0.6) is 5.75 Å². The fourth-order valence-corrected chi connectivity index (χ4v) is 1.56. The molecule has 1 unspecified atom stereocenters. The second kappa shape index (κ2) is 5.73. The van der Waals surface area contributed by atoms with Crippen LogP contribution in [0.2, 0.25) is 0 Å². The molecule has 0 saturated heterocycles. The van der Waals surface area contributed by atoms with Crippen LogP contribution in [0.15, 0.2) is 18.2 Å². The SMILES string of the molecule is Cc1ccc(O)c(CCC(CN)CO)c1. The Kier molecular flexibility index (Phi) is 4.59. The summed E-state index contributed by atoms with van der Waals surface area (Å²) in [7, 11) is 0. The first kappa shape index (κ1) is 12.0. The summed E-state index contributed by atoms with van der Waals surface area (Å²) in [5.41, 5.74) is 7.56. The van der Waals surface area contributed by atoms with Crippen molar-refractivity contribution in [2.45, 2.75) is 19.8 Å². The van der Waals surface area contributed by atoms with E-state index in [9.17, 15) is 5.11 Å². The lowest BCUT2D eigenvalue weighted by Gasteiger charge is -2.12. The molecule has 0 aliphatic rings. The van der Waals surface area contributed by atoms with Crippen LogP contribution in [0.1, 0.15) is 17.5 Å². The minimum absolute atomic E-state index is 0.114. The fraction of sp³-hybridized carbons (Fsp3) is 0.500. The average molecular weight is 209 g/mol. The molecular weight excluding hydrogens is 190 g/mol. The molecule has 4 N–H and O–H groups in total. The second-order valence-corrected chi connectivity index (χ2v) is 3.96. The number of benzene rings is 1. The van der Waals surface area contributed by atoms with E-state index in [1.807, 2.05) is 19.1 Å². The minimum atomic E-state index is 0.114. The number of phenolic OH excluding ortho intramolecular Hbond substituents is 1. The van der Waals surface area contributed by atoms with Gasteiger partial charge in [0, 0.05) is 6.61 Å². The highest BCUT2D eigenvalue weighted by Crippen LogP contribution is 2.21. The largest absolute Gasteiger partial charge is 0.508 e. The van der Waals surface area contributed by atoms with Crippen molar-refractivity contribution in [3.8, 4) is 5.75 Å². The molecule has 15 heavy (non-hydrogen) atoms. The lowest BCUT2D eigenvalue weighted by Crippen LogP contribution is -2.18. The standard InChI is InChI=1S/C12H19NO2/c1-9-2-5-12(15)11(6-9)4-3-10(7-13)8-14/h2,5-6,10,14-15H,3-4,7-8,13H2,1H3.